The molecule has 0 rings (SSSR count). The van der Waals surface area contributed by atoms with E-state index >= 15 is 0 Å². The van der Waals surface area contributed by atoms with Crippen LogP contribution < -0.4 is 0 Å². The Kier molecular flexibility index (Phi) is 4.44. The highest BCUT2D eigenvalue weighted by Crippen LogP contribution is 2.42. The van der Waals surface area contributed by atoms with Crippen molar-refractivity contribution in [2.75, 3.05) is 0 Å². The van der Waals surface area contributed by atoms with Crippen molar-refractivity contribution in [2.45, 2.75) is 36.6 Å². The van der Waals surface area contributed by atoms with Crippen LogP contribution in [0.3, 0.4) is 0 Å². The molecule has 0 unspecified atom stereocenters. The van der Waals surface area contributed by atoms with Gasteiger partial charge in [0.05, 0.1) is 0 Å². The van der Waals surface area contributed by atoms with E-state index in [9.17, 15) is 39.2 Å². The van der Waals surface area contributed by atoms with Crippen LogP contribution in [0.2, 0.25) is 0 Å². The zero-order valence-electron chi connectivity index (χ0n) is 7.94. The minimum Gasteiger partial charge on any atom is -0.281 e. The number of halogens is 7. The monoisotopic (exact) mass is 292 g/mol. The molecule has 3 nitrogen and oxygen atoms in total. The second kappa shape index (κ2) is 4.59. The van der Waals surface area contributed by atoms with Gasteiger partial charge in [0.2, 0.25) is 0 Å². The highest BCUT2D eigenvalue weighted by Gasteiger charge is 2.65. The van der Waals surface area contributed by atoms with Gasteiger partial charge in [-0.2, -0.15) is 39.2 Å². The highest BCUT2D eigenvalue weighted by molar-refractivity contribution is 7.87. The van der Waals surface area contributed by atoms with Crippen molar-refractivity contribution >= 4 is 10.1 Å². The molecule has 0 saturated heterocycles. The van der Waals surface area contributed by atoms with Gasteiger partial charge in [0.25, 0.3) is 0 Å². The maximum atomic E-state index is 12.6. The van der Waals surface area contributed by atoms with Gasteiger partial charge in [-0.25, -0.2) is 0 Å². The van der Waals surface area contributed by atoms with Gasteiger partial charge in [-0.1, -0.05) is 0 Å². The van der Waals surface area contributed by atoms with Crippen LogP contribution in [-0.2, 0) is 10.1 Å². The molecule has 0 spiro atoms. The molecule has 0 aliphatic carbocycles. The molecule has 0 aromatic carbocycles. The summed E-state index contributed by atoms with van der Waals surface area (Å²) in [6.07, 6.45) is -9.98. The van der Waals surface area contributed by atoms with Crippen LogP contribution in [0.25, 0.3) is 0 Å². The normalized spacial score (nSPS) is 15.1. The summed E-state index contributed by atoms with van der Waals surface area (Å²) >= 11 is 0. The average molecular weight is 292 g/mol. The molecule has 11 heteroatoms. The summed E-state index contributed by atoms with van der Waals surface area (Å²) in [5, 5.41) is -5.81. The summed E-state index contributed by atoms with van der Waals surface area (Å²) in [6, 6.07) is 0. The summed E-state index contributed by atoms with van der Waals surface area (Å²) in [4.78, 5) is 0. The molecule has 104 valence electrons. The molecule has 0 amide bonds. The Hall–Kier alpha value is -0.580. The lowest BCUT2D eigenvalue weighted by Gasteiger charge is -2.23. The lowest BCUT2D eigenvalue weighted by atomic mass is 10.1. The first-order chi connectivity index (χ1) is 7.21. The maximum absolute atomic E-state index is 12.6. The van der Waals surface area contributed by atoms with E-state index in [0.717, 1.165) is 0 Å². The molecule has 1 N–H and O–H groups in total. The minimum absolute atomic E-state index is 1.39. The number of hydrogen-bond acceptors (Lipinski definition) is 2. The van der Waals surface area contributed by atoms with Gasteiger partial charge in [0.1, 0.15) is 0 Å². The van der Waals surface area contributed by atoms with Crippen LogP contribution >= 0.6 is 0 Å². The first kappa shape index (κ1) is 16.4. The summed E-state index contributed by atoms with van der Waals surface area (Å²) in [7, 11) is -6.39. The number of rotatable bonds is 5. The van der Waals surface area contributed by atoms with Crippen LogP contribution in [0.15, 0.2) is 0 Å². The van der Waals surface area contributed by atoms with Gasteiger partial charge in [0.15, 0.2) is 0 Å². The number of alkyl halides is 7. The predicted octanol–water partition coefficient (Wildman–Crippen LogP) is 2.83. The molecule has 0 fully saturated rings. The molecule has 0 aliphatic rings. The first-order valence-electron chi connectivity index (χ1n) is 4.00. The molecule has 0 aliphatic heterocycles. The van der Waals surface area contributed by atoms with Crippen LogP contribution in [0.1, 0.15) is 19.3 Å². The Bertz CT molecular complexity index is 358. The van der Waals surface area contributed by atoms with Gasteiger partial charge in [-0.3, -0.25) is 4.55 Å². The van der Waals surface area contributed by atoms with Crippen molar-refractivity contribution in [3.63, 3.8) is 0 Å². The lowest BCUT2D eigenvalue weighted by molar-refractivity contribution is -0.173. The van der Waals surface area contributed by atoms with E-state index in [4.69, 9.17) is 4.55 Å². The molecule has 0 bridgehead atoms. The van der Waals surface area contributed by atoms with Crippen LogP contribution in [0.5, 0.6) is 0 Å². The molecule has 0 aromatic heterocycles. The van der Waals surface area contributed by atoms with Crippen molar-refractivity contribution in [3.05, 3.63) is 0 Å². The fraction of sp³-hybridized carbons (Fsp3) is 1.00. The van der Waals surface area contributed by atoms with Crippen molar-refractivity contribution in [1.82, 2.24) is 0 Å². The highest BCUT2D eigenvalue weighted by atomic mass is 32.2. The van der Waals surface area contributed by atoms with Crippen molar-refractivity contribution in [3.8, 4) is 0 Å². The third kappa shape index (κ3) is 4.30. The van der Waals surface area contributed by atoms with Gasteiger partial charge in [-0.15, -0.1) is 0 Å². The molecule has 0 atom stereocenters. The standard InChI is InChI=1S/C6H7F7O3S/c7-4(8,2-1-3-5(9,10)11)6(12,13)17(14,15)16/h1-3H2,(H,14,15,16). The van der Waals surface area contributed by atoms with Crippen molar-refractivity contribution in [1.29, 1.82) is 0 Å². The maximum Gasteiger partial charge on any atom is 0.431 e. The minimum atomic E-state index is -6.39. The average Bonchev–Trinajstić information content (AvgIpc) is 1.98. The predicted molar refractivity (Wildman–Crippen MR) is 41.3 cm³/mol. The molecule has 0 heterocycles. The summed E-state index contributed by atoms with van der Waals surface area (Å²) in [5.41, 5.74) is 0. The fourth-order valence-corrected chi connectivity index (χ4v) is 1.32. The van der Waals surface area contributed by atoms with Gasteiger partial charge in [0, 0.05) is 12.8 Å². The molecule has 0 aromatic rings. The Morgan fingerprint density at radius 1 is 0.882 bits per heavy atom. The molecular weight excluding hydrogens is 285 g/mol. The van der Waals surface area contributed by atoms with E-state index in [1.807, 2.05) is 0 Å². The third-order valence-electron chi connectivity index (χ3n) is 1.70. The Morgan fingerprint density at radius 3 is 1.59 bits per heavy atom. The van der Waals surface area contributed by atoms with E-state index in [1.165, 1.54) is 0 Å². The molecule has 0 radical (unpaired) electrons. The van der Waals surface area contributed by atoms with Crippen LogP contribution in [0, 0.1) is 0 Å². The van der Waals surface area contributed by atoms with E-state index in [-0.39, 0.29) is 0 Å². The van der Waals surface area contributed by atoms with Gasteiger partial charge >= 0.3 is 27.5 Å². The molecule has 0 saturated carbocycles. The smallest absolute Gasteiger partial charge is 0.281 e. The van der Waals surface area contributed by atoms with E-state index in [1.54, 1.807) is 0 Å². The van der Waals surface area contributed by atoms with Crippen LogP contribution in [-0.4, -0.2) is 30.3 Å². The Labute approximate surface area is 91.4 Å². The quantitative estimate of drug-likeness (QED) is 0.626. The fourth-order valence-electron chi connectivity index (χ4n) is 0.845. The Balaban J connectivity index is 4.70. The van der Waals surface area contributed by atoms with E-state index in [2.05, 4.69) is 0 Å². The second-order valence-electron chi connectivity index (χ2n) is 3.17. The van der Waals surface area contributed by atoms with E-state index < -0.39 is 46.7 Å². The molecular formula is C6H7F7O3S. The van der Waals surface area contributed by atoms with Crippen molar-refractivity contribution in [2.24, 2.45) is 0 Å². The van der Waals surface area contributed by atoms with Gasteiger partial charge < -0.3 is 0 Å². The zero-order valence-corrected chi connectivity index (χ0v) is 8.76. The zero-order chi connectivity index (χ0) is 14.1. The Morgan fingerprint density at radius 2 is 1.29 bits per heavy atom. The number of hydrogen-bond donors (Lipinski definition) is 1. The first-order valence-corrected chi connectivity index (χ1v) is 5.44. The van der Waals surface area contributed by atoms with Gasteiger partial charge in [-0.05, 0) is 6.42 Å². The summed E-state index contributed by atoms with van der Waals surface area (Å²) in [5.74, 6) is -5.27. The third-order valence-corrected chi connectivity index (χ3v) is 2.65. The SMILES string of the molecule is O=S(=O)(O)C(F)(F)C(F)(F)CCCC(F)(F)F. The topological polar surface area (TPSA) is 54.4 Å². The summed E-state index contributed by atoms with van der Waals surface area (Å²) < 4.78 is 113. The second-order valence-corrected chi connectivity index (χ2v) is 4.63. The van der Waals surface area contributed by atoms with Crippen LogP contribution in [0.4, 0.5) is 30.7 Å². The van der Waals surface area contributed by atoms with Crippen molar-refractivity contribution < 1.29 is 43.7 Å². The summed E-state index contributed by atoms with van der Waals surface area (Å²) in [6.45, 7) is 0. The molecule has 17 heavy (non-hydrogen) atoms. The largest absolute Gasteiger partial charge is 0.431 e. The lowest BCUT2D eigenvalue weighted by Crippen LogP contribution is -2.46. The van der Waals surface area contributed by atoms with E-state index in [0.29, 0.717) is 0 Å².